The lowest BCUT2D eigenvalue weighted by Crippen LogP contribution is -2.17. The van der Waals surface area contributed by atoms with Crippen LogP contribution in [-0.2, 0) is 19.1 Å². The number of rotatable bonds is 17. The highest BCUT2D eigenvalue weighted by molar-refractivity contribution is 5.69. The van der Waals surface area contributed by atoms with Gasteiger partial charge in [-0.3, -0.25) is 9.59 Å². The summed E-state index contributed by atoms with van der Waals surface area (Å²) in [5, 5.41) is 0. The number of unbranched alkanes of at least 4 members (excludes halogenated alkanes) is 6. The minimum absolute atomic E-state index is 0.0401. The molecule has 0 aliphatic rings. The van der Waals surface area contributed by atoms with E-state index in [1.165, 1.54) is 0 Å². The van der Waals surface area contributed by atoms with Gasteiger partial charge in [-0.15, -0.1) is 0 Å². The van der Waals surface area contributed by atoms with E-state index in [1.807, 2.05) is 0 Å². The largest absolute Gasteiger partial charge is 0.466 e. The van der Waals surface area contributed by atoms with E-state index in [0.717, 1.165) is 77.0 Å². The number of ether oxygens (including phenoxy) is 2. The topological polar surface area (TPSA) is 52.6 Å². The first-order chi connectivity index (χ1) is 12.1. The van der Waals surface area contributed by atoms with Crippen molar-refractivity contribution < 1.29 is 19.1 Å². The number of carbonyl (C=O) groups excluding carboxylic acids is 2. The van der Waals surface area contributed by atoms with Crippen LogP contribution in [0, 0.1) is 0 Å². The Bertz CT molecular complexity index is 322. The van der Waals surface area contributed by atoms with Crippen molar-refractivity contribution in [2.24, 2.45) is 0 Å². The average molecular weight is 357 g/mol. The first-order valence-electron chi connectivity index (χ1n) is 10.5. The summed E-state index contributed by atoms with van der Waals surface area (Å²) in [5.41, 5.74) is 0. The van der Waals surface area contributed by atoms with Gasteiger partial charge in [-0.2, -0.15) is 0 Å². The summed E-state index contributed by atoms with van der Waals surface area (Å²) >= 11 is 0. The molecule has 4 nitrogen and oxygen atoms in total. The van der Waals surface area contributed by atoms with Crippen LogP contribution < -0.4 is 0 Å². The minimum Gasteiger partial charge on any atom is -0.466 e. The van der Waals surface area contributed by atoms with Gasteiger partial charge in [0.25, 0.3) is 0 Å². The molecule has 0 rings (SSSR count). The van der Waals surface area contributed by atoms with Crippen molar-refractivity contribution in [2.45, 2.75) is 117 Å². The Kier molecular flexibility index (Phi) is 17.0. The third-order valence-electron chi connectivity index (χ3n) is 4.29. The highest BCUT2D eigenvalue weighted by Gasteiger charge is 2.12. The number of carbonyl (C=O) groups is 2. The second-order valence-electron chi connectivity index (χ2n) is 6.88. The predicted octanol–water partition coefficient (Wildman–Crippen LogP) is 5.96. The van der Waals surface area contributed by atoms with E-state index >= 15 is 0 Å². The molecule has 4 heteroatoms. The van der Waals surface area contributed by atoms with E-state index in [9.17, 15) is 9.59 Å². The van der Waals surface area contributed by atoms with Crippen LogP contribution in [0.25, 0.3) is 0 Å². The van der Waals surface area contributed by atoms with Crippen LogP contribution >= 0.6 is 0 Å². The zero-order valence-electron chi connectivity index (χ0n) is 16.8. The molecule has 0 fully saturated rings. The van der Waals surface area contributed by atoms with E-state index < -0.39 is 0 Å². The van der Waals surface area contributed by atoms with E-state index in [2.05, 4.69) is 20.8 Å². The Balaban J connectivity index is 3.47. The van der Waals surface area contributed by atoms with Crippen molar-refractivity contribution in [1.29, 1.82) is 0 Å². The lowest BCUT2D eigenvalue weighted by atomic mass is 10.1. The maximum atomic E-state index is 11.8. The average Bonchev–Trinajstić information content (AvgIpc) is 2.58. The summed E-state index contributed by atoms with van der Waals surface area (Å²) in [4.78, 5) is 23.3. The van der Waals surface area contributed by atoms with Crippen LogP contribution in [0.5, 0.6) is 0 Å². The van der Waals surface area contributed by atoms with Gasteiger partial charge in [0.1, 0.15) is 6.10 Å². The smallest absolute Gasteiger partial charge is 0.306 e. The summed E-state index contributed by atoms with van der Waals surface area (Å²) in [6, 6.07) is 0. The van der Waals surface area contributed by atoms with Crippen LogP contribution in [-0.4, -0.2) is 24.6 Å². The normalized spacial score (nSPS) is 10.9. The van der Waals surface area contributed by atoms with Crippen molar-refractivity contribution >= 4 is 11.9 Å². The molecule has 0 unspecified atom stereocenters. The Morgan fingerprint density at radius 1 is 0.680 bits per heavy atom. The molecular weight excluding hydrogens is 316 g/mol. The van der Waals surface area contributed by atoms with Gasteiger partial charge >= 0.3 is 11.9 Å². The maximum absolute atomic E-state index is 11.8. The maximum Gasteiger partial charge on any atom is 0.306 e. The Morgan fingerprint density at radius 2 is 1.20 bits per heavy atom. The molecule has 0 heterocycles. The fraction of sp³-hybridized carbons (Fsp3) is 0.905. The van der Waals surface area contributed by atoms with Gasteiger partial charge in [0.2, 0.25) is 0 Å². The molecule has 0 aromatic carbocycles. The van der Waals surface area contributed by atoms with E-state index in [-0.39, 0.29) is 18.0 Å². The van der Waals surface area contributed by atoms with Gasteiger partial charge in [-0.05, 0) is 32.1 Å². The molecule has 0 bridgehead atoms. The molecular formula is C21H40O4. The zero-order chi connectivity index (χ0) is 18.8. The lowest BCUT2D eigenvalue weighted by molar-refractivity contribution is -0.150. The molecule has 0 radical (unpaired) electrons. The molecule has 0 aromatic heterocycles. The fourth-order valence-electron chi connectivity index (χ4n) is 2.80. The monoisotopic (exact) mass is 356 g/mol. The summed E-state index contributed by atoms with van der Waals surface area (Å²) in [6.07, 6.45) is 13.4. The van der Waals surface area contributed by atoms with Crippen LogP contribution in [0.4, 0.5) is 0 Å². The molecule has 0 aromatic rings. The van der Waals surface area contributed by atoms with Crippen LogP contribution in [0.2, 0.25) is 0 Å². The molecule has 25 heavy (non-hydrogen) atoms. The van der Waals surface area contributed by atoms with Gasteiger partial charge in [0.15, 0.2) is 0 Å². The molecule has 0 atom stereocenters. The first kappa shape index (κ1) is 23.9. The van der Waals surface area contributed by atoms with Crippen molar-refractivity contribution in [3.63, 3.8) is 0 Å². The van der Waals surface area contributed by atoms with Gasteiger partial charge in [-0.25, -0.2) is 0 Å². The Hall–Kier alpha value is -1.06. The lowest BCUT2D eigenvalue weighted by Gasteiger charge is -2.16. The van der Waals surface area contributed by atoms with E-state index in [1.54, 1.807) is 0 Å². The highest BCUT2D eigenvalue weighted by atomic mass is 16.5. The summed E-state index contributed by atoms with van der Waals surface area (Å²) in [5.74, 6) is -0.105. The van der Waals surface area contributed by atoms with E-state index in [0.29, 0.717) is 19.4 Å². The highest BCUT2D eigenvalue weighted by Crippen LogP contribution is 2.13. The third-order valence-corrected chi connectivity index (χ3v) is 4.29. The minimum atomic E-state index is -0.0649. The molecule has 0 aliphatic carbocycles. The summed E-state index contributed by atoms with van der Waals surface area (Å²) in [7, 11) is 0. The van der Waals surface area contributed by atoms with Crippen LogP contribution in [0.3, 0.4) is 0 Å². The summed E-state index contributed by atoms with van der Waals surface area (Å²) in [6.45, 7) is 6.90. The quantitative estimate of drug-likeness (QED) is 0.238. The molecule has 0 amide bonds. The van der Waals surface area contributed by atoms with Gasteiger partial charge in [0, 0.05) is 12.8 Å². The molecule has 148 valence electrons. The number of esters is 2. The zero-order valence-corrected chi connectivity index (χ0v) is 16.8. The van der Waals surface area contributed by atoms with Gasteiger partial charge < -0.3 is 9.47 Å². The molecule has 0 saturated carbocycles. The van der Waals surface area contributed by atoms with Gasteiger partial charge in [0.05, 0.1) is 6.61 Å². The number of hydrogen-bond acceptors (Lipinski definition) is 4. The van der Waals surface area contributed by atoms with Crippen molar-refractivity contribution in [2.75, 3.05) is 6.61 Å². The Labute approximate surface area is 155 Å². The third kappa shape index (κ3) is 16.2. The molecule has 0 saturated heterocycles. The second-order valence-corrected chi connectivity index (χ2v) is 6.88. The standard InChI is InChI=1S/C21H40O4/c1-4-7-18-24-20(22)16-12-10-8-9-11-13-17-21(23)25-19(14-5-2)15-6-3/h19H,4-18H2,1-3H3. The predicted molar refractivity (Wildman–Crippen MR) is 102 cm³/mol. The van der Waals surface area contributed by atoms with Crippen molar-refractivity contribution in [3.8, 4) is 0 Å². The fourth-order valence-corrected chi connectivity index (χ4v) is 2.80. The molecule has 0 N–H and O–H groups in total. The van der Waals surface area contributed by atoms with Gasteiger partial charge in [-0.1, -0.05) is 65.7 Å². The first-order valence-corrected chi connectivity index (χ1v) is 10.5. The van der Waals surface area contributed by atoms with Crippen molar-refractivity contribution in [3.05, 3.63) is 0 Å². The molecule has 0 aliphatic heterocycles. The Morgan fingerprint density at radius 3 is 1.72 bits per heavy atom. The number of hydrogen-bond donors (Lipinski definition) is 0. The van der Waals surface area contributed by atoms with Crippen LogP contribution in [0.1, 0.15) is 111 Å². The second kappa shape index (κ2) is 17.8. The van der Waals surface area contributed by atoms with E-state index in [4.69, 9.17) is 9.47 Å². The van der Waals surface area contributed by atoms with Crippen LogP contribution in [0.15, 0.2) is 0 Å². The van der Waals surface area contributed by atoms with Crippen molar-refractivity contribution in [1.82, 2.24) is 0 Å². The molecule has 0 spiro atoms. The SMILES string of the molecule is CCCCOC(=O)CCCCCCCCC(=O)OC(CCC)CCC. The summed E-state index contributed by atoms with van der Waals surface area (Å²) < 4.78 is 10.7.